The van der Waals surface area contributed by atoms with Crippen LogP contribution in [-0.4, -0.2) is 12.0 Å². The van der Waals surface area contributed by atoms with E-state index in [1.165, 1.54) is 16.0 Å². The number of anilines is 1. The summed E-state index contributed by atoms with van der Waals surface area (Å²) in [5.41, 5.74) is 4.36. The van der Waals surface area contributed by atoms with Gasteiger partial charge >= 0.3 is 0 Å². The highest BCUT2D eigenvalue weighted by molar-refractivity contribution is 7.98. The Morgan fingerprint density at radius 2 is 1.69 bits per heavy atom. The highest BCUT2D eigenvalue weighted by Gasteiger charge is 2.18. The Balaban J connectivity index is 1.56. The first-order valence-electron chi connectivity index (χ1n) is 9.86. The minimum Gasteiger partial charge on any atom is -0.481 e. The second-order valence-electron chi connectivity index (χ2n) is 7.05. The van der Waals surface area contributed by atoms with Gasteiger partial charge in [0, 0.05) is 16.3 Å². The molecule has 0 saturated carbocycles. The highest BCUT2D eigenvalue weighted by atomic mass is 32.2. The van der Waals surface area contributed by atoms with E-state index in [0.717, 1.165) is 22.8 Å². The van der Waals surface area contributed by atoms with Crippen LogP contribution < -0.4 is 10.1 Å². The number of nitrogens with one attached hydrogen (secondary N) is 1. The molecule has 0 aliphatic heterocycles. The van der Waals surface area contributed by atoms with Crippen molar-refractivity contribution in [2.45, 2.75) is 43.9 Å². The lowest BCUT2D eigenvalue weighted by atomic mass is 10.1. The second kappa shape index (κ2) is 10.2. The van der Waals surface area contributed by atoms with E-state index in [9.17, 15) is 4.79 Å². The molecule has 29 heavy (non-hydrogen) atoms. The zero-order valence-corrected chi connectivity index (χ0v) is 18.0. The summed E-state index contributed by atoms with van der Waals surface area (Å²) in [4.78, 5) is 13.9. The number of carbonyl (C=O) groups is 1. The molecule has 0 radical (unpaired) electrons. The van der Waals surface area contributed by atoms with Crippen molar-refractivity contribution in [3.05, 3.63) is 89.5 Å². The number of benzene rings is 3. The summed E-state index contributed by atoms with van der Waals surface area (Å²) < 4.78 is 5.93. The van der Waals surface area contributed by atoms with Crippen LogP contribution in [0.4, 0.5) is 5.69 Å². The summed E-state index contributed by atoms with van der Waals surface area (Å²) in [6, 6.07) is 24.2. The molecule has 0 saturated heterocycles. The van der Waals surface area contributed by atoms with Gasteiger partial charge in [-0.1, -0.05) is 43.3 Å². The highest BCUT2D eigenvalue weighted by Crippen LogP contribution is 2.23. The van der Waals surface area contributed by atoms with E-state index in [0.29, 0.717) is 6.42 Å². The van der Waals surface area contributed by atoms with Gasteiger partial charge in [0.05, 0.1) is 0 Å². The van der Waals surface area contributed by atoms with Crippen LogP contribution in [0.5, 0.6) is 5.75 Å². The van der Waals surface area contributed by atoms with Crippen LogP contribution in [0, 0.1) is 13.8 Å². The molecular formula is C25H27NO2S. The molecule has 0 spiro atoms. The topological polar surface area (TPSA) is 38.3 Å². The van der Waals surface area contributed by atoms with E-state index in [1.54, 1.807) is 11.8 Å². The first-order chi connectivity index (χ1) is 14.0. The van der Waals surface area contributed by atoms with Crippen LogP contribution in [0.2, 0.25) is 0 Å². The molecule has 0 aliphatic carbocycles. The van der Waals surface area contributed by atoms with Gasteiger partial charge in [0.15, 0.2) is 6.10 Å². The van der Waals surface area contributed by atoms with Gasteiger partial charge in [0.1, 0.15) is 5.75 Å². The molecule has 3 nitrogen and oxygen atoms in total. The molecule has 1 atom stereocenters. The quantitative estimate of drug-likeness (QED) is 0.441. The minimum absolute atomic E-state index is 0.128. The first kappa shape index (κ1) is 21.0. The normalized spacial score (nSPS) is 11.7. The Morgan fingerprint density at radius 1 is 0.966 bits per heavy atom. The average Bonchev–Trinajstić information content (AvgIpc) is 2.74. The van der Waals surface area contributed by atoms with Crippen LogP contribution in [0.3, 0.4) is 0 Å². The molecule has 3 aromatic rings. The number of ether oxygens (including phenoxy) is 1. The smallest absolute Gasteiger partial charge is 0.265 e. The van der Waals surface area contributed by atoms with Crippen LogP contribution in [0.15, 0.2) is 77.7 Å². The molecule has 0 heterocycles. The van der Waals surface area contributed by atoms with Gasteiger partial charge in [-0.15, -0.1) is 11.8 Å². The Bertz CT molecular complexity index is 939. The number of hydrogen-bond donors (Lipinski definition) is 1. The van der Waals surface area contributed by atoms with Gasteiger partial charge in [0.2, 0.25) is 0 Å². The third kappa shape index (κ3) is 6.13. The van der Waals surface area contributed by atoms with Crippen molar-refractivity contribution in [3.8, 4) is 5.75 Å². The fourth-order valence-electron chi connectivity index (χ4n) is 2.86. The number of hydrogen-bond acceptors (Lipinski definition) is 3. The molecule has 4 heteroatoms. The van der Waals surface area contributed by atoms with Gasteiger partial charge < -0.3 is 10.1 Å². The summed E-state index contributed by atoms with van der Waals surface area (Å²) in [5.74, 6) is 1.49. The first-order valence-corrected chi connectivity index (χ1v) is 10.9. The summed E-state index contributed by atoms with van der Waals surface area (Å²) in [5, 5.41) is 2.97. The van der Waals surface area contributed by atoms with Crippen LogP contribution in [0.25, 0.3) is 0 Å². The summed E-state index contributed by atoms with van der Waals surface area (Å²) in [6.07, 6.45) is 0.0790. The Labute approximate surface area is 177 Å². The molecule has 1 amide bonds. The molecule has 0 bridgehead atoms. The van der Waals surface area contributed by atoms with E-state index < -0.39 is 6.10 Å². The molecule has 0 aromatic heterocycles. The van der Waals surface area contributed by atoms with E-state index in [1.807, 2.05) is 62.4 Å². The number of thioether (sulfide) groups is 1. The number of rotatable bonds is 8. The van der Waals surface area contributed by atoms with Crippen molar-refractivity contribution >= 4 is 23.4 Å². The largest absolute Gasteiger partial charge is 0.481 e. The lowest BCUT2D eigenvalue weighted by Gasteiger charge is -2.18. The summed E-state index contributed by atoms with van der Waals surface area (Å²) in [6.45, 7) is 6.06. The lowest BCUT2D eigenvalue weighted by molar-refractivity contribution is -0.122. The van der Waals surface area contributed by atoms with Gasteiger partial charge in [-0.2, -0.15) is 0 Å². The van der Waals surface area contributed by atoms with Crippen molar-refractivity contribution in [2.24, 2.45) is 0 Å². The molecule has 3 rings (SSSR count). The van der Waals surface area contributed by atoms with Crippen LogP contribution >= 0.6 is 11.8 Å². The van der Waals surface area contributed by atoms with Crippen molar-refractivity contribution in [1.29, 1.82) is 0 Å². The van der Waals surface area contributed by atoms with Crippen molar-refractivity contribution in [1.82, 2.24) is 0 Å². The average molecular weight is 406 g/mol. The maximum absolute atomic E-state index is 12.7. The van der Waals surface area contributed by atoms with Crippen LogP contribution in [0.1, 0.15) is 30.0 Å². The summed E-state index contributed by atoms with van der Waals surface area (Å²) in [7, 11) is 0. The van der Waals surface area contributed by atoms with Gasteiger partial charge in [0.25, 0.3) is 5.91 Å². The fourth-order valence-corrected chi connectivity index (χ4v) is 3.74. The Hall–Kier alpha value is -2.72. The van der Waals surface area contributed by atoms with E-state index in [2.05, 4.69) is 36.5 Å². The number of aryl methyl sites for hydroxylation is 2. The van der Waals surface area contributed by atoms with E-state index >= 15 is 0 Å². The molecule has 0 fully saturated rings. The standard InChI is InChI=1S/C25H27NO2S/c1-4-24(28-22-15-10-18(2)19(3)16-22)25(27)26-21-13-11-20(12-14-21)17-29-23-8-6-5-7-9-23/h5-16,24H,4,17H2,1-3H3,(H,26,27)/t24-/m1/s1. The maximum atomic E-state index is 12.7. The van der Waals surface area contributed by atoms with Crippen LogP contribution in [-0.2, 0) is 10.5 Å². The molecule has 0 aliphatic rings. The monoisotopic (exact) mass is 405 g/mol. The third-order valence-electron chi connectivity index (χ3n) is 4.79. The predicted molar refractivity (Wildman–Crippen MR) is 122 cm³/mol. The van der Waals surface area contributed by atoms with E-state index in [4.69, 9.17) is 4.74 Å². The SMILES string of the molecule is CC[C@@H](Oc1ccc(C)c(C)c1)C(=O)Nc1ccc(CSc2ccccc2)cc1. The van der Waals surface area contributed by atoms with Gasteiger partial charge in [-0.25, -0.2) is 0 Å². The van der Waals surface area contributed by atoms with Gasteiger partial charge in [-0.05, 0) is 73.4 Å². The Kier molecular flexibility index (Phi) is 7.36. The Morgan fingerprint density at radius 3 is 2.34 bits per heavy atom. The molecule has 1 N–H and O–H groups in total. The van der Waals surface area contributed by atoms with E-state index in [-0.39, 0.29) is 5.91 Å². The number of amides is 1. The third-order valence-corrected chi connectivity index (χ3v) is 5.87. The lowest BCUT2D eigenvalue weighted by Crippen LogP contribution is -2.32. The predicted octanol–water partition coefficient (Wildman–Crippen LogP) is 6.39. The molecule has 0 unspecified atom stereocenters. The number of carbonyl (C=O) groups excluding carboxylic acids is 1. The van der Waals surface area contributed by atoms with Crippen molar-refractivity contribution in [3.63, 3.8) is 0 Å². The second-order valence-corrected chi connectivity index (χ2v) is 8.10. The fraction of sp³-hybridized carbons (Fsp3) is 0.240. The maximum Gasteiger partial charge on any atom is 0.265 e. The minimum atomic E-state index is -0.523. The van der Waals surface area contributed by atoms with Crippen molar-refractivity contribution in [2.75, 3.05) is 5.32 Å². The molecular weight excluding hydrogens is 378 g/mol. The zero-order valence-electron chi connectivity index (χ0n) is 17.1. The molecule has 3 aromatic carbocycles. The zero-order chi connectivity index (χ0) is 20.6. The summed E-state index contributed by atoms with van der Waals surface area (Å²) >= 11 is 1.80. The molecule has 150 valence electrons. The van der Waals surface area contributed by atoms with Gasteiger partial charge in [-0.3, -0.25) is 4.79 Å². The van der Waals surface area contributed by atoms with Crippen molar-refractivity contribution < 1.29 is 9.53 Å².